The van der Waals surface area contributed by atoms with Gasteiger partial charge in [-0.1, -0.05) is 17.4 Å². The number of nitrogens with zero attached hydrogens (tertiary/aromatic N) is 3. The number of anilines is 1. The second-order valence-corrected chi connectivity index (χ2v) is 10.5. The van der Waals surface area contributed by atoms with Gasteiger partial charge in [0.25, 0.3) is 5.56 Å². The Kier molecular flexibility index (Phi) is 4.06. The predicted octanol–water partition coefficient (Wildman–Crippen LogP) is 3.25. The number of ketones is 1. The van der Waals surface area contributed by atoms with Crippen LogP contribution in [0.3, 0.4) is 0 Å². The number of ether oxygens (including phenoxy) is 1. The summed E-state index contributed by atoms with van der Waals surface area (Å²) in [5, 5.41) is 5.99. The molecule has 31 heavy (non-hydrogen) atoms. The molecular formula is C23H24N4O3S. The number of nitrogens with two attached hydrogens (primary N) is 1. The lowest BCUT2D eigenvalue weighted by molar-refractivity contribution is -0.114. The molecule has 5 aliphatic carbocycles. The number of aromatic nitrogens is 3. The average Bonchev–Trinajstić information content (AvgIpc) is 3.16. The first kappa shape index (κ1) is 19.0. The fraction of sp³-hybridized carbons (Fsp3) is 0.478. The maximum Gasteiger partial charge on any atom is 0.283 e. The summed E-state index contributed by atoms with van der Waals surface area (Å²) in [5.74, 6) is 2.73. The first-order valence-corrected chi connectivity index (χ1v) is 11.7. The van der Waals surface area contributed by atoms with Crippen molar-refractivity contribution in [3.63, 3.8) is 0 Å². The highest BCUT2D eigenvalue weighted by molar-refractivity contribution is 7.16. The molecule has 7 nitrogen and oxygen atoms in total. The topological polar surface area (TPSA) is 99.6 Å². The average molecular weight is 437 g/mol. The van der Waals surface area contributed by atoms with Crippen LogP contribution in [0.4, 0.5) is 5.82 Å². The first-order chi connectivity index (χ1) is 14.9. The molecule has 8 heteroatoms. The first-order valence-electron chi connectivity index (χ1n) is 10.8. The van der Waals surface area contributed by atoms with E-state index in [-0.39, 0.29) is 33.9 Å². The second-order valence-electron chi connectivity index (χ2n) is 9.57. The third-order valence-electron chi connectivity index (χ3n) is 7.48. The van der Waals surface area contributed by atoms with E-state index in [1.807, 2.05) is 0 Å². The van der Waals surface area contributed by atoms with Crippen LogP contribution in [0.25, 0.3) is 11.0 Å². The van der Waals surface area contributed by atoms with E-state index in [0.29, 0.717) is 10.5 Å². The van der Waals surface area contributed by atoms with E-state index in [0.717, 1.165) is 22.8 Å². The van der Waals surface area contributed by atoms with E-state index in [1.165, 1.54) is 63.0 Å². The van der Waals surface area contributed by atoms with Crippen LogP contribution in [0, 0.1) is 17.8 Å². The number of methoxy groups -OCH3 is 1. The number of fused-ring (bicyclic) bond motifs is 1. The lowest BCUT2D eigenvalue weighted by Gasteiger charge is -2.55. The number of hydrogen-bond acceptors (Lipinski definition) is 7. The number of carbonyl (C=O) groups excluding carboxylic acids is 1. The zero-order valence-corrected chi connectivity index (χ0v) is 18.2. The van der Waals surface area contributed by atoms with Crippen LogP contribution in [0.15, 0.2) is 34.4 Å². The largest absolute Gasteiger partial charge is 0.493 e. The van der Waals surface area contributed by atoms with Gasteiger partial charge in [-0.3, -0.25) is 9.59 Å². The lowest BCUT2D eigenvalue weighted by Crippen LogP contribution is -2.48. The third-order valence-corrected chi connectivity index (χ3v) is 8.64. The molecule has 0 radical (unpaired) electrons. The van der Waals surface area contributed by atoms with E-state index in [2.05, 4.69) is 4.98 Å². The molecular weight excluding hydrogens is 412 g/mol. The smallest absolute Gasteiger partial charge is 0.283 e. The molecule has 0 amide bonds. The van der Waals surface area contributed by atoms with Gasteiger partial charge in [-0.05, 0) is 80.1 Å². The maximum atomic E-state index is 12.8. The van der Waals surface area contributed by atoms with Crippen LogP contribution < -0.4 is 11.3 Å². The molecule has 0 spiro atoms. The summed E-state index contributed by atoms with van der Waals surface area (Å²) in [6, 6.07) is 0. The molecule has 0 aliphatic heterocycles. The number of hydrogen-bond donors (Lipinski definition) is 1. The molecule has 5 aliphatic rings. The van der Waals surface area contributed by atoms with Gasteiger partial charge < -0.3 is 10.5 Å². The number of rotatable bonds is 3. The summed E-state index contributed by atoms with van der Waals surface area (Å²) in [7, 11) is 1.44. The van der Waals surface area contributed by atoms with Crippen molar-refractivity contribution in [1.29, 1.82) is 0 Å². The zero-order valence-electron chi connectivity index (χ0n) is 17.3. The highest BCUT2D eigenvalue weighted by Crippen LogP contribution is 2.61. The summed E-state index contributed by atoms with van der Waals surface area (Å²) in [5.41, 5.74) is 7.09. The molecule has 4 fully saturated rings. The molecule has 2 aromatic heterocycles. The highest BCUT2D eigenvalue weighted by atomic mass is 32.1. The normalized spacial score (nSPS) is 32.8. The van der Waals surface area contributed by atoms with Crippen molar-refractivity contribution in [2.24, 2.45) is 17.8 Å². The molecule has 2 N–H and O–H groups in total. The standard InChI is InChI=1S/C23H24N4O3S/c1-30-18-8-12(2-3-17(18)28)7-16-19(24)27-22(25-20(16)29)31-21(26-27)23-9-13-4-14(10-23)6-15(5-13)11-23/h2-3,7-8,13-15H,4-6,9-11,24H2,1H3/b12-7-. The monoisotopic (exact) mass is 436 g/mol. The molecule has 2 heterocycles. The van der Waals surface area contributed by atoms with Crippen molar-refractivity contribution >= 4 is 34.0 Å². The molecule has 4 saturated carbocycles. The van der Waals surface area contributed by atoms with Gasteiger partial charge in [0.05, 0.1) is 12.7 Å². The quantitative estimate of drug-likeness (QED) is 0.793. The van der Waals surface area contributed by atoms with Gasteiger partial charge in [0.15, 0.2) is 5.76 Å². The Morgan fingerprint density at radius 1 is 1.16 bits per heavy atom. The van der Waals surface area contributed by atoms with Gasteiger partial charge in [-0.15, -0.1) is 0 Å². The van der Waals surface area contributed by atoms with Crippen LogP contribution in [-0.2, 0) is 14.9 Å². The van der Waals surface area contributed by atoms with Gasteiger partial charge in [0, 0.05) is 5.41 Å². The lowest BCUT2D eigenvalue weighted by atomic mass is 9.50. The Morgan fingerprint density at radius 2 is 1.84 bits per heavy atom. The molecule has 0 aromatic carbocycles. The van der Waals surface area contributed by atoms with Gasteiger partial charge >= 0.3 is 0 Å². The Morgan fingerprint density at radius 3 is 2.48 bits per heavy atom. The van der Waals surface area contributed by atoms with E-state index in [4.69, 9.17) is 15.6 Å². The van der Waals surface area contributed by atoms with Crippen LogP contribution in [0.1, 0.15) is 49.1 Å². The zero-order chi connectivity index (χ0) is 21.3. The van der Waals surface area contributed by atoms with Crippen molar-refractivity contribution in [2.45, 2.75) is 43.9 Å². The molecule has 4 bridgehead atoms. The van der Waals surface area contributed by atoms with E-state index < -0.39 is 0 Å². The van der Waals surface area contributed by atoms with Crippen molar-refractivity contribution in [3.8, 4) is 0 Å². The van der Waals surface area contributed by atoms with Gasteiger partial charge in [-0.2, -0.15) is 14.6 Å². The third kappa shape index (κ3) is 2.91. The van der Waals surface area contributed by atoms with Gasteiger partial charge in [0.1, 0.15) is 10.8 Å². The molecule has 0 atom stereocenters. The van der Waals surface area contributed by atoms with Gasteiger partial charge in [-0.25, -0.2) is 0 Å². The number of nitrogen functional groups attached to an aromatic ring is 1. The van der Waals surface area contributed by atoms with Crippen molar-refractivity contribution in [1.82, 2.24) is 14.6 Å². The fourth-order valence-electron chi connectivity index (χ4n) is 6.54. The summed E-state index contributed by atoms with van der Waals surface area (Å²) in [6.45, 7) is 0. The van der Waals surface area contributed by atoms with Crippen molar-refractivity contribution in [2.75, 3.05) is 12.8 Å². The molecule has 160 valence electrons. The van der Waals surface area contributed by atoms with Crippen LogP contribution in [0.2, 0.25) is 0 Å². The van der Waals surface area contributed by atoms with Gasteiger partial charge in [0.2, 0.25) is 10.7 Å². The number of allylic oxidation sites excluding steroid dienone is 4. The Balaban J connectivity index is 1.43. The molecule has 2 aromatic rings. The summed E-state index contributed by atoms with van der Waals surface area (Å²) < 4.78 is 6.73. The van der Waals surface area contributed by atoms with Crippen LogP contribution in [0.5, 0.6) is 0 Å². The highest BCUT2D eigenvalue weighted by Gasteiger charge is 2.53. The summed E-state index contributed by atoms with van der Waals surface area (Å²) in [4.78, 5) is 29.4. The molecule has 0 unspecified atom stereocenters. The van der Waals surface area contributed by atoms with E-state index in [1.54, 1.807) is 22.7 Å². The predicted molar refractivity (Wildman–Crippen MR) is 119 cm³/mol. The van der Waals surface area contributed by atoms with Crippen molar-refractivity contribution < 1.29 is 9.53 Å². The minimum atomic E-state index is -0.386. The Bertz CT molecular complexity index is 1230. The van der Waals surface area contributed by atoms with Crippen molar-refractivity contribution in [3.05, 3.63) is 50.5 Å². The SMILES string of the molecule is COC1=C/C(=C\c2c(N)n3nc(C45CC6CC(CC(C6)C4)C5)sc3nc2=O)C=CC1=O. The minimum absolute atomic E-state index is 0.129. The molecule has 0 saturated heterocycles. The maximum absolute atomic E-state index is 12.8. The fourth-order valence-corrected chi connectivity index (χ4v) is 7.66. The summed E-state index contributed by atoms with van der Waals surface area (Å²) >= 11 is 1.52. The minimum Gasteiger partial charge on any atom is -0.493 e. The summed E-state index contributed by atoms with van der Waals surface area (Å²) in [6.07, 6.45) is 14.0. The number of carbonyl (C=O) groups is 1. The van der Waals surface area contributed by atoms with E-state index in [9.17, 15) is 9.59 Å². The van der Waals surface area contributed by atoms with Crippen LogP contribution in [-0.4, -0.2) is 27.5 Å². The van der Waals surface area contributed by atoms with E-state index >= 15 is 0 Å². The Labute approximate surface area is 183 Å². The Hall–Kier alpha value is -2.74. The molecule has 7 rings (SSSR count). The second kappa shape index (κ2) is 6.63. The van der Waals surface area contributed by atoms with Crippen LogP contribution >= 0.6 is 11.3 Å².